The molecule has 0 aliphatic heterocycles. The van der Waals surface area contributed by atoms with Crippen LogP contribution in [0, 0.1) is 12.8 Å². The van der Waals surface area contributed by atoms with E-state index in [0.717, 1.165) is 11.3 Å². The van der Waals surface area contributed by atoms with Gasteiger partial charge >= 0.3 is 0 Å². The van der Waals surface area contributed by atoms with Crippen molar-refractivity contribution in [2.24, 2.45) is 5.92 Å². The van der Waals surface area contributed by atoms with Crippen LogP contribution in [0.2, 0.25) is 0 Å². The van der Waals surface area contributed by atoms with Crippen LogP contribution in [-0.2, 0) is 9.05 Å². The average Bonchev–Trinajstić information content (AvgIpc) is 2.57. The van der Waals surface area contributed by atoms with Crippen LogP contribution in [0.5, 0.6) is 0 Å². The summed E-state index contributed by atoms with van der Waals surface area (Å²) in [6.07, 6.45) is 0. The zero-order valence-corrected chi connectivity index (χ0v) is 13.1. The zero-order valence-electron chi connectivity index (χ0n) is 10.7. The summed E-state index contributed by atoms with van der Waals surface area (Å²) in [6.45, 7) is 6.25. The molecule has 1 aromatic rings. The largest absolute Gasteiger partial charge is 0.341 e. The predicted molar refractivity (Wildman–Crippen MR) is 73.9 cm³/mol. The third-order valence-corrected chi connectivity index (χ3v) is 5.74. The number of hydrogen-bond donors (Lipinski definition) is 0. The van der Waals surface area contributed by atoms with Crippen molar-refractivity contribution in [1.29, 1.82) is 0 Å². The van der Waals surface area contributed by atoms with E-state index in [-0.39, 0.29) is 10.1 Å². The molecule has 102 valence electrons. The van der Waals surface area contributed by atoms with Crippen molar-refractivity contribution in [3.63, 3.8) is 0 Å². The first-order chi connectivity index (χ1) is 8.14. The van der Waals surface area contributed by atoms with Crippen LogP contribution in [0.1, 0.15) is 29.8 Å². The molecule has 0 atom stereocenters. The lowest BCUT2D eigenvalue weighted by Crippen LogP contribution is -2.30. The van der Waals surface area contributed by atoms with Crippen molar-refractivity contribution in [3.05, 3.63) is 16.5 Å². The van der Waals surface area contributed by atoms with Crippen LogP contribution < -0.4 is 0 Å². The Labute approximate surface area is 116 Å². The van der Waals surface area contributed by atoms with E-state index in [4.69, 9.17) is 10.7 Å². The molecule has 0 saturated heterocycles. The molecule has 0 aliphatic rings. The van der Waals surface area contributed by atoms with Gasteiger partial charge in [0.1, 0.15) is 4.21 Å². The van der Waals surface area contributed by atoms with Crippen LogP contribution in [0.15, 0.2) is 9.59 Å². The fourth-order valence-electron chi connectivity index (χ4n) is 1.69. The molecule has 1 amide bonds. The molecule has 0 spiro atoms. The third kappa shape index (κ3) is 3.46. The van der Waals surface area contributed by atoms with Gasteiger partial charge in [0, 0.05) is 29.7 Å². The van der Waals surface area contributed by atoms with Gasteiger partial charge in [0.2, 0.25) is 0 Å². The summed E-state index contributed by atoms with van der Waals surface area (Å²) in [5, 5.41) is 1.55. The molecule has 1 rings (SSSR count). The number of carbonyl (C=O) groups is 1. The van der Waals surface area contributed by atoms with Gasteiger partial charge < -0.3 is 4.90 Å². The highest BCUT2D eigenvalue weighted by Crippen LogP contribution is 2.29. The Morgan fingerprint density at radius 2 is 2.06 bits per heavy atom. The normalized spacial score (nSPS) is 11.9. The number of rotatable bonds is 4. The number of nitrogens with zero attached hydrogens (tertiary/aromatic N) is 1. The van der Waals surface area contributed by atoms with E-state index in [2.05, 4.69) is 0 Å². The Morgan fingerprint density at radius 3 is 2.44 bits per heavy atom. The SMILES string of the molecule is Cc1c(C(=O)N(C)CC(C)C)csc1S(=O)(=O)Cl. The summed E-state index contributed by atoms with van der Waals surface area (Å²) in [5.74, 6) is 0.179. The van der Waals surface area contributed by atoms with Crippen LogP contribution in [0.3, 0.4) is 0 Å². The van der Waals surface area contributed by atoms with Gasteiger partial charge in [0.25, 0.3) is 15.0 Å². The number of thiophene rings is 1. The maximum atomic E-state index is 12.1. The number of carbonyl (C=O) groups excluding carboxylic acids is 1. The Morgan fingerprint density at radius 1 is 1.50 bits per heavy atom. The van der Waals surface area contributed by atoms with Gasteiger partial charge in [0.05, 0.1) is 5.56 Å². The molecule has 18 heavy (non-hydrogen) atoms. The van der Waals surface area contributed by atoms with E-state index in [0.29, 0.717) is 23.6 Å². The molecule has 0 radical (unpaired) electrons. The Bertz CT molecular complexity index is 549. The van der Waals surface area contributed by atoms with E-state index >= 15 is 0 Å². The van der Waals surface area contributed by atoms with Crippen molar-refractivity contribution >= 4 is 37.0 Å². The van der Waals surface area contributed by atoms with Crippen LogP contribution in [0.25, 0.3) is 0 Å². The zero-order chi connectivity index (χ0) is 14.1. The second-order valence-electron chi connectivity index (χ2n) is 4.58. The summed E-state index contributed by atoms with van der Waals surface area (Å²) >= 11 is 0.980. The van der Waals surface area contributed by atoms with Gasteiger partial charge in [-0.3, -0.25) is 4.79 Å². The molecule has 0 aliphatic carbocycles. The van der Waals surface area contributed by atoms with Crippen LogP contribution in [-0.4, -0.2) is 32.8 Å². The highest BCUT2D eigenvalue weighted by molar-refractivity contribution is 8.15. The molecular weight excluding hydrogens is 294 g/mol. The average molecular weight is 310 g/mol. The van der Waals surface area contributed by atoms with Gasteiger partial charge in [-0.1, -0.05) is 13.8 Å². The smallest absolute Gasteiger partial charge is 0.271 e. The van der Waals surface area contributed by atoms with Gasteiger partial charge in [-0.15, -0.1) is 11.3 Å². The molecule has 0 saturated carbocycles. The summed E-state index contributed by atoms with van der Waals surface area (Å²) in [4.78, 5) is 13.7. The monoisotopic (exact) mass is 309 g/mol. The van der Waals surface area contributed by atoms with Crippen molar-refractivity contribution < 1.29 is 13.2 Å². The minimum absolute atomic E-state index is 0.0467. The highest BCUT2D eigenvalue weighted by Gasteiger charge is 2.23. The van der Waals surface area contributed by atoms with Crippen molar-refractivity contribution in [2.75, 3.05) is 13.6 Å². The molecule has 0 fully saturated rings. The highest BCUT2D eigenvalue weighted by atomic mass is 35.7. The maximum absolute atomic E-state index is 12.1. The van der Waals surface area contributed by atoms with Gasteiger partial charge in [-0.05, 0) is 18.4 Å². The first-order valence-corrected chi connectivity index (χ1v) is 8.61. The standard InChI is InChI=1S/C11H16ClNO3S2/c1-7(2)5-13(4)10(14)9-6-17-11(8(9)3)18(12,15)16/h6-7H,5H2,1-4H3. The summed E-state index contributed by atoms with van der Waals surface area (Å²) in [5.41, 5.74) is 0.831. The summed E-state index contributed by atoms with van der Waals surface area (Å²) in [7, 11) is 3.23. The minimum Gasteiger partial charge on any atom is -0.341 e. The molecule has 1 aromatic heterocycles. The second-order valence-corrected chi connectivity index (χ2v) is 8.22. The van der Waals surface area contributed by atoms with E-state index in [1.54, 1.807) is 24.3 Å². The quantitative estimate of drug-likeness (QED) is 0.804. The fourth-order valence-corrected chi connectivity index (χ4v) is 4.23. The first kappa shape index (κ1) is 15.5. The number of amides is 1. The third-order valence-electron chi connectivity index (χ3n) is 2.43. The van der Waals surface area contributed by atoms with Gasteiger partial charge in [0.15, 0.2) is 0 Å². The summed E-state index contributed by atoms with van der Waals surface area (Å²) < 4.78 is 22.6. The lowest BCUT2D eigenvalue weighted by Gasteiger charge is -2.19. The topological polar surface area (TPSA) is 54.5 Å². The maximum Gasteiger partial charge on any atom is 0.271 e. The molecule has 7 heteroatoms. The number of halogens is 1. The minimum atomic E-state index is -3.77. The van der Waals surface area contributed by atoms with Gasteiger partial charge in [-0.2, -0.15) is 0 Å². The van der Waals surface area contributed by atoms with E-state index in [9.17, 15) is 13.2 Å². The molecular formula is C11H16ClNO3S2. The van der Waals surface area contributed by atoms with Crippen molar-refractivity contribution in [1.82, 2.24) is 4.90 Å². The Balaban J connectivity index is 3.06. The Hall–Kier alpha value is -0.590. The number of hydrogen-bond acceptors (Lipinski definition) is 4. The molecule has 0 unspecified atom stereocenters. The summed E-state index contributed by atoms with van der Waals surface area (Å²) in [6, 6.07) is 0. The predicted octanol–water partition coefficient (Wildman–Crippen LogP) is 2.71. The second kappa shape index (κ2) is 5.59. The van der Waals surface area contributed by atoms with E-state index in [1.165, 1.54) is 0 Å². The molecule has 0 N–H and O–H groups in total. The Kier molecular flexibility index (Phi) is 4.80. The van der Waals surface area contributed by atoms with Crippen LogP contribution in [0.4, 0.5) is 0 Å². The lowest BCUT2D eigenvalue weighted by atomic mass is 10.1. The molecule has 0 bridgehead atoms. The fraction of sp³-hybridized carbons (Fsp3) is 0.545. The van der Waals surface area contributed by atoms with E-state index in [1.807, 2.05) is 13.8 Å². The lowest BCUT2D eigenvalue weighted by molar-refractivity contribution is 0.0779. The molecule has 1 heterocycles. The molecule has 0 aromatic carbocycles. The van der Waals surface area contributed by atoms with Crippen molar-refractivity contribution in [2.45, 2.75) is 25.0 Å². The molecule has 4 nitrogen and oxygen atoms in total. The van der Waals surface area contributed by atoms with Crippen LogP contribution >= 0.6 is 22.0 Å². The van der Waals surface area contributed by atoms with Gasteiger partial charge in [-0.25, -0.2) is 8.42 Å². The van der Waals surface area contributed by atoms with E-state index < -0.39 is 9.05 Å². The first-order valence-electron chi connectivity index (χ1n) is 5.42. The van der Waals surface area contributed by atoms with Crippen molar-refractivity contribution in [3.8, 4) is 0 Å².